The van der Waals surface area contributed by atoms with Crippen molar-refractivity contribution in [3.63, 3.8) is 0 Å². The molecule has 1 amide bonds. The summed E-state index contributed by atoms with van der Waals surface area (Å²) in [5.41, 5.74) is 10.6. The van der Waals surface area contributed by atoms with Crippen LogP contribution in [0.1, 0.15) is 22.3 Å². The number of hydrogen-bond acceptors (Lipinski definition) is 4. The van der Waals surface area contributed by atoms with Gasteiger partial charge in [0, 0.05) is 39.8 Å². The zero-order valence-electron chi connectivity index (χ0n) is 16.1. The second-order valence-corrected chi connectivity index (χ2v) is 7.60. The number of phenols is 1. The van der Waals surface area contributed by atoms with Crippen molar-refractivity contribution in [2.75, 3.05) is 5.73 Å². The summed E-state index contributed by atoms with van der Waals surface area (Å²) in [4.78, 5) is 12.2. The third-order valence-corrected chi connectivity index (χ3v) is 5.36. The van der Waals surface area contributed by atoms with Crippen LogP contribution >= 0.6 is 11.6 Å². The molecule has 1 unspecified atom stereocenters. The van der Waals surface area contributed by atoms with E-state index in [1.165, 1.54) is 18.2 Å². The van der Waals surface area contributed by atoms with Gasteiger partial charge < -0.3 is 15.4 Å². The summed E-state index contributed by atoms with van der Waals surface area (Å²) in [6, 6.07) is 12.3. The van der Waals surface area contributed by atoms with Crippen molar-refractivity contribution in [2.45, 2.75) is 13.0 Å². The highest BCUT2D eigenvalue weighted by Crippen LogP contribution is 2.24. The zero-order valence-corrected chi connectivity index (χ0v) is 16.9. The Morgan fingerprint density at radius 1 is 1.33 bits per heavy atom. The molecule has 0 fully saturated rings. The highest BCUT2D eigenvalue weighted by Gasteiger charge is 2.12. The molecule has 2 aromatic carbocycles. The van der Waals surface area contributed by atoms with Crippen LogP contribution in [0.5, 0.6) is 5.75 Å². The molecule has 152 valence electrons. The number of halogens is 1. The van der Waals surface area contributed by atoms with Gasteiger partial charge in [0.25, 0.3) is 5.91 Å². The van der Waals surface area contributed by atoms with Gasteiger partial charge in [-0.1, -0.05) is 35.9 Å². The molecule has 1 atom stereocenters. The topological polar surface area (TPSA) is 92.6 Å². The van der Waals surface area contributed by atoms with E-state index >= 15 is 0 Å². The molecule has 6 nitrogen and oxygen atoms in total. The third-order valence-electron chi connectivity index (χ3n) is 5.08. The van der Waals surface area contributed by atoms with Crippen molar-refractivity contribution in [2.24, 2.45) is 11.0 Å². The van der Waals surface area contributed by atoms with Gasteiger partial charge in [0.2, 0.25) is 0 Å². The number of carbonyl (C=O) groups is 1. The number of phenolic OH excluding ortho intramolecular Hbond substituents is 1. The predicted octanol–water partition coefficient (Wildman–Crippen LogP) is 4.39. The fraction of sp³-hybridized carbons (Fsp3) is 0.130. The van der Waals surface area contributed by atoms with E-state index in [9.17, 15) is 9.90 Å². The van der Waals surface area contributed by atoms with E-state index in [0.717, 1.165) is 34.5 Å². The maximum Gasteiger partial charge on any atom is 0.271 e. The molecule has 1 heterocycles. The molecule has 0 bridgehead atoms. The maximum atomic E-state index is 12.2. The summed E-state index contributed by atoms with van der Waals surface area (Å²) in [5, 5.41) is 15.4. The Morgan fingerprint density at radius 2 is 2.20 bits per heavy atom. The minimum atomic E-state index is -0.404. The number of carbonyl (C=O) groups excluding carboxylic acids is 1. The Bertz CT molecular complexity index is 1190. The number of amides is 1. The Hall–Kier alpha value is -3.51. The summed E-state index contributed by atoms with van der Waals surface area (Å²) in [6.45, 7) is 0.861. The van der Waals surface area contributed by atoms with E-state index in [1.54, 1.807) is 6.21 Å². The number of allylic oxidation sites excluding steroid dienone is 4. The van der Waals surface area contributed by atoms with Crippen molar-refractivity contribution in [1.29, 1.82) is 0 Å². The van der Waals surface area contributed by atoms with Crippen molar-refractivity contribution in [3.05, 3.63) is 83.0 Å². The standard InChI is InChI=1S/C23H21ClN4O2/c24-18-7-4-15(5-8-18)14-28-11-10-19-17(2-1-3-21(19)28)13-26-27-23(30)16-6-9-22(29)20(25)12-16/h1-4,6-13,15,29H,5,14,25H2,(H,27,30)/b26-13+. The second-order valence-electron chi connectivity index (χ2n) is 7.16. The molecule has 3 aromatic rings. The monoisotopic (exact) mass is 420 g/mol. The Kier molecular flexibility index (Phi) is 5.59. The summed E-state index contributed by atoms with van der Waals surface area (Å²) >= 11 is 6.01. The number of nitrogens with one attached hydrogen (secondary N) is 1. The molecule has 30 heavy (non-hydrogen) atoms. The lowest BCUT2D eigenvalue weighted by Gasteiger charge is -2.16. The molecule has 1 aliphatic rings. The molecule has 0 radical (unpaired) electrons. The first kappa shape index (κ1) is 19.8. The number of hydrazone groups is 1. The first-order valence-electron chi connectivity index (χ1n) is 9.55. The highest BCUT2D eigenvalue weighted by atomic mass is 35.5. The third kappa shape index (κ3) is 4.23. The van der Waals surface area contributed by atoms with E-state index in [4.69, 9.17) is 17.3 Å². The number of anilines is 1. The minimum Gasteiger partial charge on any atom is -0.506 e. The molecule has 4 N–H and O–H groups in total. The molecule has 4 rings (SSSR count). The molecule has 0 spiro atoms. The van der Waals surface area contributed by atoms with Gasteiger partial charge in [-0.3, -0.25) is 4.79 Å². The first-order chi connectivity index (χ1) is 14.5. The van der Waals surface area contributed by atoms with Crippen molar-refractivity contribution >= 4 is 40.3 Å². The van der Waals surface area contributed by atoms with E-state index in [0.29, 0.717) is 11.5 Å². The van der Waals surface area contributed by atoms with Crippen LogP contribution in [0.15, 0.2) is 77.0 Å². The van der Waals surface area contributed by atoms with Gasteiger partial charge in [0.1, 0.15) is 5.75 Å². The molecule has 0 saturated carbocycles. The zero-order chi connectivity index (χ0) is 21.1. The molecule has 7 heteroatoms. The van der Waals surface area contributed by atoms with Gasteiger partial charge >= 0.3 is 0 Å². The van der Waals surface area contributed by atoms with Crippen LogP contribution in [0.4, 0.5) is 5.69 Å². The lowest BCUT2D eigenvalue weighted by atomic mass is 10.0. The average Bonchev–Trinajstić information content (AvgIpc) is 3.15. The molecule has 1 aromatic heterocycles. The molecular formula is C23H21ClN4O2. The lowest BCUT2D eigenvalue weighted by molar-refractivity contribution is 0.0955. The van der Waals surface area contributed by atoms with Crippen molar-refractivity contribution in [1.82, 2.24) is 9.99 Å². The number of aromatic hydroxyl groups is 1. The van der Waals surface area contributed by atoms with Crippen LogP contribution < -0.4 is 11.2 Å². The highest BCUT2D eigenvalue weighted by molar-refractivity contribution is 6.31. The van der Waals surface area contributed by atoms with Crippen LogP contribution in [-0.4, -0.2) is 21.8 Å². The lowest BCUT2D eigenvalue weighted by Crippen LogP contribution is -2.17. The van der Waals surface area contributed by atoms with Gasteiger partial charge in [-0.05, 0) is 48.7 Å². The second kappa shape index (κ2) is 8.47. The number of benzene rings is 2. The number of nitrogens with zero attached hydrogens (tertiary/aromatic N) is 2. The van der Waals surface area contributed by atoms with E-state index in [2.05, 4.69) is 39.5 Å². The van der Waals surface area contributed by atoms with E-state index in [1.807, 2.05) is 24.3 Å². The van der Waals surface area contributed by atoms with Gasteiger partial charge in [0.15, 0.2) is 0 Å². The minimum absolute atomic E-state index is 0.0610. The average molecular weight is 421 g/mol. The fourth-order valence-corrected chi connectivity index (χ4v) is 3.63. The number of nitrogens with two attached hydrogens (primary N) is 1. The maximum absolute atomic E-state index is 12.2. The van der Waals surface area contributed by atoms with Gasteiger partial charge in [-0.15, -0.1) is 0 Å². The Labute approximate surface area is 179 Å². The molecule has 0 aliphatic heterocycles. The van der Waals surface area contributed by atoms with Crippen LogP contribution in [-0.2, 0) is 6.54 Å². The number of hydrogen-bond donors (Lipinski definition) is 3. The Morgan fingerprint density at radius 3 is 2.97 bits per heavy atom. The number of aromatic nitrogens is 1. The normalized spacial score (nSPS) is 16.2. The van der Waals surface area contributed by atoms with Crippen molar-refractivity contribution in [3.8, 4) is 5.75 Å². The largest absolute Gasteiger partial charge is 0.506 e. The number of nitrogen functional groups attached to an aromatic ring is 1. The molecule has 1 aliphatic carbocycles. The molecular weight excluding hydrogens is 400 g/mol. The summed E-state index contributed by atoms with van der Waals surface area (Å²) < 4.78 is 2.21. The smallest absolute Gasteiger partial charge is 0.271 e. The van der Waals surface area contributed by atoms with Crippen LogP contribution in [0.3, 0.4) is 0 Å². The first-order valence-corrected chi connectivity index (χ1v) is 9.92. The van der Waals surface area contributed by atoms with Crippen molar-refractivity contribution < 1.29 is 9.90 Å². The van der Waals surface area contributed by atoms with E-state index in [-0.39, 0.29) is 11.4 Å². The van der Waals surface area contributed by atoms with Gasteiger partial charge in [-0.2, -0.15) is 5.10 Å². The molecule has 0 saturated heterocycles. The van der Waals surface area contributed by atoms with Crippen LogP contribution in [0, 0.1) is 5.92 Å². The number of fused-ring (bicyclic) bond motifs is 1. The quantitative estimate of drug-likeness (QED) is 0.247. The van der Waals surface area contributed by atoms with Gasteiger partial charge in [0.05, 0.1) is 11.9 Å². The Balaban J connectivity index is 1.48. The van der Waals surface area contributed by atoms with Crippen LogP contribution in [0.2, 0.25) is 0 Å². The summed E-state index contributed by atoms with van der Waals surface area (Å²) in [6.07, 6.45) is 10.7. The van der Waals surface area contributed by atoms with E-state index < -0.39 is 5.91 Å². The summed E-state index contributed by atoms with van der Waals surface area (Å²) in [7, 11) is 0. The number of rotatable bonds is 5. The SMILES string of the molecule is Nc1cc(C(=O)N/N=C/c2cccc3c2ccn3CC2C=CC(Cl)=CC2)ccc1O. The van der Waals surface area contributed by atoms with Crippen LogP contribution in [0.25, 0.3) is 10.9 Å². The predicted molar refractivity (Wildman–Crippen MR) is 121 cm³/mol. The fourth-order valence-electron chi connectivity index (χ4n) is 3.47. The summed E-state index contributed by atoms with van der Waals surface area (Å²) in [5.74, 6) is -0.0648. The van der Waals surface area contributed by atoms with Gasteiger partial charge in [-0.25, -0.2) is 5.43 Å².